The molecule has 0 aliphatic carbocycles. The summed E-state index contributed by atoms with van der Waals surface area (Å²) in [6.45, 7) is 0. The summed E-state index contributed by atoms with van der Waals surface area (Å²) >= 11 is 0. The third-order valence-electron chi connectivity index (χ3n) is 4.30. The molecule has 0 aliphatic rings. The summed E-state index contributed by atoms with van der Waals surface area (Å²) in [6, 6.07) is 15.4. The Kier molecular flexibility index (Phi) is 5.73. The number of benzene rings is 2. The topological polar surface area (TPSA) is 99.5 Å². The fraction of sp³-hybridized carbons (Fsp3) is 0.143. The van der Waals surface area contributed by atoms with Gasteiger partial charge in [-0.05, 0) is 24.3 Å². The average molecular weight is 393 g/mol. The van der Waals surface area contributed by atoms with Crippen LogP contribution in [0.25, 0.3) is 16.9 Å². The van der Waals surface area contributed by atoms with Crippen LogP contribution in [0.4, 0.5) is 0 Å². The number of hydrogen-bond acceptors (Lipinski definition) is 6. The van der Waals surface area contributed by atoms with Crippen molar-refractivity contribution in [1.29, 1.82) is 0 Å². The minimum absolute atomic E-state index is 0.0177. The van der Waals surface area contributed by atoms with Crippen molar-refractivity contribution < 1.29 is 23.9 Å². The highest BCUT2D eigenvalue weighted by atomic mass is 16.5. The first-order valence-corrected chi connectivity index (χ1v) is 8.69. The van der Waals surface area contributed by atoms with Crippen LogP contribution in [-0.2, 0) is 9.47 Å². The van der Waals surface area contributed by atoms with Crippen LogP contribution >= 0.6 is 0 Å². The summed E-state index contributed by atoms with van der Waals surface area (Å²) in [5, 5.41) is 7.04. The highest BCUT2D eigenvalue weighted by Crippen LogP contribution is 2.29. The lowest BCUT2D eigenvalue weighted by molar-refractivity contribution is 0.0549. The smallest absolute Gasteiger partial charge is 0.357 e. The Balaban J connectivity index is 2.26. The predicted octanol–water partition coefficient (Wildman–Crippen LogP) is 2.47. The molecule has 0 aliphatic heterocycles. The maximum Gasteiger partial charge on any atom is 0.357 e. The van der Waals surface area contributed by atoms with Gasteiger partial charge in [0.25, 0.3) is 5.91 Å². The number of carbonyl (C=O) groups excluding carboxylic acids is 3. The van der Waals surface area contributed by atoms with Crippen molar-refractivity contribution in [2.75, 3.05) is 21.3 Å². The maximum absolute atomic E-state index is 12.6. The Labute approximate surface area is 167 Å². The molecule has 3 rings (SSSR count). The zero-order valence-corrected chi connectivity index (χ0v) is 16.1. The van der Waals surface area contributed by atoms with E-state index < -0.39 is 11.9 Å². The quantitative estimate of drug-likeness (QED) is 0.669. The highest BCUT2D eigenvalue weighted by Gasteiger charge is 2.31. The van der Waals surface area contributed by atoms with Crippen LogP contribution in [0, 0.1) is 0 Å². The van der Waals surface area contributed by atoms with Gasteiger partial charge in [0.15, 0.2) is 5.69 Å². The molecule has 0 spiro atoms. The number of hydrogen-bond donors (Lipinski definition) is 1. The molecule has 1 aromatic heterocycles. The summed E-state index contributed by atoms with van der Waals surface area (Å²) < 4.78 is 11.1. The summed E-state index contributed by atoms with van der Waals surface area (Å²) in [5.74, 6) is -1.69. The van der Waals surface area contributed by atoms with Crippen LogP contribution in [0.3, 0.4) is 0 Å². The third-order valence-corrected chi connectivity index (χ3v) is 4.30. The lowest BCUT2D eigenvalue weighted by Crippen LogP contribution is -2.17. The number of aromatic nitrogens is 2. The van der Waals surface area contributed by atoms with Crippen LogP contribution in [0.5, 0.6) is 0 Å². The lowest BCUT2D eigenvalue weighted by atomic mass is 10.0. The van der Waals surface area contributed by atoms with E-state index in [4.69, 9.17) is 9.47 Å². The van der Waals surface area contributed by atoms with Crippen LogP contribution in [0.2, 0.25) is 0 Å². The minimum Gasteiger partial charge on any atom is -0.465 e. The van der Waals surface area contributed by atoms with E-state index in [-0.39, 0.29) is 22.9 Å². The van der Waals surface area contributed by atoms with Gasteiger partial charge in [0.05, 0.1) is 19.9 Å². The summed E-state index contributed by atoms with van der Waals surface area (Å²) in [7, 11) is 3.99. The first kappa shape index (κ1) is 19.8. The van der Waals surface area contributed by atoms with Gasteiger partial charge in [0, 0.05) is 18.2 Å². The molecule has 2 aromatic carbocycles. The molecular weight excluding hydrogens is 374 g/mol. The van der Waals surface area contributed by atoms with Gasteiger partial charge >= 0.3 is 11.9 Å². The van der Waals surface area contributed by atoms with E-state index in [0.717, 1.165) is 0 Å². The monoisotopic (exact) mass is 393 g/mol. The SMILES string of the molecule is CNC(=O)c1ccc(-c2nn(-c3ccccc3)c(C(=O)OC)c2C(=O)OC)cc1. The van der Waals surface area contributed by atoms with Crippen LogP contribution in [0.15, 0.2) is 54.6 Å². The number of ether oxygens (including phenoxy) is 2. The van der Waals surface area contributed by atoms with Crippen LogP contribution in [-0.4, -0.2) is 48.9 Å². The van der Waals surface area contributed by atoms with Crippen LogP contribution in [0.1, 0.15) is 31.2 Å². The van der Waals surface area contributed by atoms with Gasteiger partial charge in [-0.2, -0.15) is 5.10 Å². The summed E-state index contributed by atoms with van der Waals surface area (Å²) in [4.78, 5) is 36.9. The zero-order valence-electron chi connectivity index (χ0n) is 16.1. The van der Waals surface area contributed by atoms with E-state index in [1.165, 1.54) is 25.9 Å². The number of nitrogens with zero attached hydrogens (tertiary/aromatic N) is 2. The molecule has 1 heterocycles. The molecular formula is C21H19N3O5. The third kappa shape index (κ3) is 3.73. The zero-order chi connectivity index (χ0) is 21.0. The molecule has 0 bridgehead atoms. The molecule has 0 fully saturated rings. The Morgan fingerprint density at radius 2 is 1.52 bits per heavy atom. The van der Waals surface area contributed by atoms with Crippen molar-refractivity contribution in [3.63, 3.8) is 0 Å². The first-order chi connectivity index (χ1) is 14.0. The van der Waals surface area contributed by atoms with Gasteiger partial charge in [-0.3, -0.25) is 4.79 Å². The molecule has 8 heteroatoms. The predicted molar refractivity (Wildman–Crippen MR) is 105 cm³/mol. The minimum atomic E-state index is -0.727. The molecule has 1 amide bonds. The van der Waals surface area contributed by atoms with Crippen molar-refractivity contribution in [3.05, 3.63) is 71.4 Å². The molecule has 0 unspecified atom stereocenters. The lowest BCUT2D eigenvalue weighted by Gasteiger charge is -2.07. The normalized spacial score (nSPS) is 10.3. The second-order valence-corrected chi connectivity index (χ2v) is 5.96. The van der Waals surface area contributed by atoms with E-state index in [2.05, 4.69) is 10.4 Å². The molecule has 0 atom stereocenters. The number of amides is 1. The number of para-hydroxylation sites is 1. The van der Waals surface area contributed by atoms with E-state index in [1.807, 2.05) is 6.07 Å². The molecule has 148 valence electrons. The summed E-state index contributed by atoms with van der Waals surface area (Å²) in [5.41, 5.74) is 1.74. The first-order valence-electron chi connectivity index (χ1n) is 8.69. The Morgan fingerprint density at radius 1 is 0.897 bits per heavy atom. The van der Waals surface area contributed by atoms with Gasteiger partial charge in [0.2, 0.25) is 0 Å². The van der Waals surface area contributed by atoms with E-state index >= 15 is 0 Å². The fourth-order valence-electron chi connectivity index (χ4n) is 2.88. The molecule has 1 N–H and O–H groups in total. The number of esters is 2. The van der Waals surface area contributed by atoms with E-state index in [1.54, 1.807) is 48.5 Å². The number of carbonyl (C=O) groups is 3. The molecule has 0 radical (unpaired) electrons. The second kappa shape index (κ2) is 8.39. The molecule has 3 aromatic rings. The van der Waals surface area contributed by atoms with Gasteiger partial charge in [-0.1, -0.05) is 30.3 Å². The molecule has 0 saturated carbocycles. The number of methoxy groups -OCH3 is 2. The standard InChI is InChI=1S/C21H19N3O5/c1-22-19(25)14-11-9-13(10-12-14)17-16(20(26)28-2)18(21(27)29-3)24(23-17)15-7-5-4-6-8-15/h4-12H,1-3H3,(H,22,25). The molecule has 29 heavy (non-hydrogen) atoms. The van der Waals surface area contributed by atoms with Gasteiger partial charge in [-0.15, -0.1) is 0 Å². The van der Waals surface area contributed by atoms with Crippen molar-refractivity contribution in [2.24, 2.45) is 0 Å². The Bertz CT molecular complexity index is 1060. The van der Waals surface area contributed by atoms with E-state index in [0.29, 0.717) is 16.8 Å². The van der Waals surface area contributed by atoms with Crippen molar-refractivity contribution in [2.45, 2.75) is 0 Å². The number of nitrogens with one attached hydrogen (secondary N) is 1. The van der Waals surface area contributed by atoms with Crippen molar-refractivity contribution >= 4 is 17.8 Å². The Hall–Kier alpha value is -3.94. The van der Waals surface area contributed by atoms with E-state index in [9.17, 15) is 14.4 Å². The molecule has 8 nitrogen and oxygen atoms in total. The highest BCUT2D eigenvalue weighted by molar-refractivity contribution is 6.07. The summed E-state index contributed by atoms with van der Waals surface area (Å²) in [6.07, 6.45) is 0. The maximum atomic E-state index is 12.6. The van der Waals surface area contributed by atoms with Crippen molar-refractivity contribution in [1.82, 2.24) is 15.1 Å². The fourth-order valence-corrected chi connectivity index (χ4v) is 2.88. The van der Waals surface area contributed by atoms with Gasteiger partial charge in [-0.25, -0.2) is 14.3 Å². The molecule has 0 saturated heterocycles. The van der Waals surface area contributed by atoms with Crippen molar-refractivity contribution in [3.8, 4) is 16.9 Å². The average Bonchev–Trinajstić information content (AvgIpc) is 3.18. The largest absolute Gasteiger partial charge is 0.465 e. The van der Waals surface area contributed by atoms with Gasteiger partial charge in [0.1, 0.15) is 11.3 Å². The van der Waals surface area contributed by atoms with Crippen LogP contribution < -0.4 is 5.32 Å². The Morgan fingerprint density at radius 3 is 2.07 bits per heavy atom. The second-order valence-electron chi connectivity index (χ2n) is 5.96. The van der Waals surface area contributed by atoms with Gasteiger partial charge < -0.3 is 14.8 Å². The number of rotatable bonds is 5.